The maximum Gasteiger partial charge on any atom is 0.224 e. The fraction of sp³-hybridized carbons (Fsp3) is 0.900. The lowest BCUT2D eigenvalue weighted by atomic mass is 10.0. The number of carbonyl (C=O) groups is 1. The summed E-state index contributed by atoms with van der Waals surface area (Å²) in [4.78, 5) is 11.6. The molecule has 0 aliphatic carbocycles. The quantitative estimate of drug-likeness (QED) is 0.682. The van der Waals surface area contributed by atoms with Crippen molar-refractivity contribution in [2.75, 3.05) is 13.7 Å². The SMILES string of the molecule is COCC(C)(C)NC(=O)C(C)C(C)N. The van der Waals surface area contributed by atoms with E-state index in [4.69, 9.17) is 10.5 Å². The average Bonchev–Trinajstić information content (AvgIpc) is 2.01. The zero-order valence-electron chi connectivity index (χ0n) is 9.76. The summed E-state index contributed by atoms with van der Waals surface area (Å²) in [6.07, 6.45) is 0. The van der Waals surface area contributed by atoms with Gasteiger partial charge in [-0.1, -0.05) is 6.92 Å². The van der Waals surface area contributed by atoms with Crippen LogP contribution in [0.1, 0.15) is 27.7 Å². The molecular formula is C10H22N2O2. The lowest BCUT2D eigenvalue weighted by molar-refractivity contribution is -0.127. The first-order valence-electron chi connectivity index (χ1n) is 4.86. The van der Waals surface area contributed by atoms with Crippen LogP contribution in [0.4, 0.5) is 0 Å². The van der Waals surface area contributed by atoms with Crippen LogP contribution >= 0.6 is 0 Å². The molecule has 2 unspecified atom stereocenters. The van der Waals surface area contributed by atoms with Gasteiger partial charge in [-0.15, -0.1) is 0 Å². The smallest absolute Gasteiger partial charge is 0.224 e. The molecule has 0 aromatic rings. The third-order valence-electron chi connectivity index (χ3n) is 2.17. The molecule has 0 aliphatic rings. The van der Waals surface area contributed by atoms with E-state index < -0.39 is 0 Å². The van der Waals surface area contributed by atoms with Crippen molar-refractivity contribution in [3.8, 4) is 0 Å². The Hall–Kier alpha value is -0.610. The first-order chi connectivity index (χ1) is 6.30. The van der Waals surface area contributed by atoms with Gasteiger partial charge >= 0.3 is 0 Å². The number of amides is 1. The molecule has 0 aliphatic heterocycles. The van der Waals surface area contributed by atoms with Gasteiger partial charge in [-0.2, -0.15) is 0 Å². The predicted octanol–water partition coefficient (Wildman–Crippen LogP) is 0.511. The highest BCUT2D eigenvalue weighted by Crippen LogP contribution is 2.06. The molecule has 0 aromatic heterocycles. The molecule has 0 radical (unpaired) electrons. The minimum atomic E-state index is -0.338. The Morgan fingerprint density at radius 2 is 2.00 bits per heavy atom. The number of ether oxygens (including phenoxy) is 1. The van der Waals surface area contributed by atoms with Gasteiger partial charge in [-0.05, 0) is 20.8 Å². The number of methoxy groups -OCH3 is 1. The summed E-state index contributed by atoms with van der Waals surface area (Å²) >= 11 is 0. The number of hydrogen-bond acceptors (Lipinski definition) is 3. The number of hydrogen-bond donors (Lipinski definition) is 2. The predicted molar refractivity (Wildman–Crippen MR) is 56.9 cm³/mol. The lowest BCUT2D eigenvalue weighted by Gasteiger charge is -2.28. The number of nitrogens with one attached hydrogen (secondary N) is 1. The summed E-state index contributed by atoms with van der Waals surface area (Å²) in [5.74, 6) is -0.201. The van der Waals surface area contributed by atoms with Crippen LogP contribution in [0.2, 0.25) is 0 Å². The normalized spacial score (nSPS) is 16.1. The van der Waals surface area contributed by atoms with Crippen LogP contribution in [0.3, 0.4) is 0 Å². The minimum absolute atomic E-state index is 0.0259. The molecule has 0 saturated heterocycles. The third kappa shape index (κ3) is 4.58. The van der Waals surface area contributed by atoms with E-state index in [1.165, 1.54) is 0 Å². The van der Waals surface area contributed by atoms with Crippen molar-refractivity contribution in [3.63, 3.8) is 0 Å². The molecule has 0 aromatic carbocycles. The summed E-state index contributed by atoms with van der Waals surface area (Å²) in [6.45, 7) is 7.98. The number of rotatable bonds is 5. The first-order valence-corrected chi connectivity index (χ1v) is 4.86. The molecule has 0 fully saturated rings. The van der Waals surface area contributed by atoms with E-state index in [1.807, 2.05) is 27.7 Å². The molecule has 2 atom stereocenters. The molecule has 14 heavy (non-hydrogen) atoms. The Balaban J connectivity index is 4.17. The van der Waals surface area contributed by atoms with Gasteiger partial charge in [0.25, 0.3) is 0 Å². The molecule has 84 valence electrons. The second kappa shape index (κ2) is 5.32. The number of nitrogens with two attached hydrogens (primary N) is 1. The van der Waals surface area contributed by atoms with Crippen LogP contribution in [0, 0.1) is 5.92 Å². The fourth-order valence-electron chi connectivity index (χ4n) is 1.08. The van der Waals surface area contributed by atoms with E-state index in [0.717, 1.165) is 0 Å². The van der Waals surface area contributed by atoms with Crippen molar-refractivity contribution < 1.29 is 9.53 Å². The van der Waals surface area contributed by atoms with Crippen molar-refractivity contribution in [2.45, 2.75) is 39.3 Å². The average molecular weight is 202 g/mol. The van der Waals surface area contributed by atoms with Crippen LogP contribution < -0.4 is 11.1 Å². The Kier molecular flexibility index (Phi) is 5.08. The molecular weight excluding hydrogens is 180 g/mol. The monoisotopic (exact) mass is 202 g/mol. The minimum Gasteiger partial charge on any atom is -0.382 e. The summed E-state index contributed by atoms with van der Waals surface area (Å²) in [5.41, 5.74) is 5.30. The van der Waals surface area contributed by atoms with E-state index in [2.05, 4.69) is 5.32 Å². The molecule has 4 heteroatoms. The molecule has 4 nitrogen and oxygen atoms in total. The Morgan fingerprint density at radius 1 is 1.50 bits per heavy atom. The van der Waals surface area contributed by atoms with E-state index in [9.17, 15) is 4.79 Å². The number of carbonyl (C=O) groups excluding carboxylic acids is 1. The second-order valence-corrected chi connectivity index (χ2v) is 4.45. The van der Waals surface area contributed by atoms with Crippen LogP contribution in [-0.2, 0) is 9.53 Å². The van der Waals surface area contributed by atoms with E-state index in [-0.39, 0.29) is 23.4 Å². The molecule has 0 saturated carbocycles. The Bertz CT molecular complexity index is 191. The zero-order chi connectivity index (χ0) is 11.4. The molecule has 3 N–H and O–H groups in total. The highest BCUT2D eigenvalue weighted by atomic mass is 16.5. The summed E-state index contributed by atoms with van der Waals surface area (Å²) in [6, 6.07) is -0.131. The van der Waals surface area contributed by atoms with Crippen LogP contribution in [0.5, 0.6) is 0 Å². The van der Waals surface area contributed by atoms with Gasteiger partial charge < -0.3 is 15.8 Å². The van der Waals surface area contributed by atoms with Gasteiger partial charge in [0.15, 0.2) is 0 Å². The maximum absolute atomic E-state index is 11.6. The van der Waals surface area contributed by atoms with E-state index in [1.54, 1.807) is 7.11 Å². The third-order valence-corrected chi connectivity index (χ3v) is 2.17. The first kappa shape index (κ1) is 13.4. The van der Waals surface area contributed by atoms with Crippen LogP contribution in [0.15, 0.2) is 0 Å². The van der Waals surface area contributed by atoms with Gasteiger partial charge in [0.2, 0.25) is 5.91 Å². The van der Waals surface area contributed by atoms with Gasteiger partial charge in [-0.3, -0.25) is 4.79 Å². The van der Waals surface area contributed by atoms with Crippen molar-refractivity contribution in [3.05, 3.63) is 0 Å². The lowest BCUT2D eigenvalue weighted by Crippen LogP contribution is -2.51. The maximum atomic E-state index is 11.6. The van der Waals surface area contributed by atoms with Crippen LogP contribution in [-0.4, -0.2) is 31.2 Å². The molecule has 0 spiro atoms. The topological polar surface area (TPSA) is 64.3 Å². The fourth-order valence-corrected chi connectivity index (χ4v) is 1.08. The van der Waals surface area contributed by atoms with Crippen LogP contribution in [0.25, 0.3) is 0 Å². The summed E-state index contributed by atoms with van der Waals surface area (Å²) < 4.78 is 5.00. The summed E-state index contributed by atoms with van der Waals surface area (Å²) in [7, 11) is 1.61. The second-order valence-electron chi connectivity index (χ2n) is 4.45. The Morgan fingerprint density at radius 3 is 2.36 bits per heavy atom. The van der Waals surface area contributed by atoms with Crippen molar-refractivity contribution >= 4 is 5.91 Å². The largest absolute Gasteiger partial charge is 0.382 e. The van der Waals surface area contributed by atoms with Crippen molar-refractivity contribution in [2.24, 2.45) is 11.7 Å². The van der Waals surface area contributed by atoms with E-state index in [0.29, 0.717) is 6.61 Å². The summed E-state index contributed by atoms with van der Waals surface area (Å²) in [5, 5.41) is 2.89. The van der Waals surface area contributed by atoms with Gasteiger partial charge in [-0.25, -0.2) is 0 Å². The molecule has 1 amide bonds. The van der Waals surface area contributed by atoms with Crippen molar-refractivity contribution in [1.82, 2.24) is 5.32 Å². The van der Waals surface area contributed by atoms with Gasteiger partial charge in [0.1, 0.15) is 0 Å². The standard InChI is InChI=1S/C10H22N2O2/c1-7(8(2)11)9(13)12-10(3,4)6-14-5/h7-8H,6,11H2,1-5H3,(H,12,13). The highest BCUT2D eigenvalue weighted by Gasteiger charge is 2.24. The Labute approximate surface area is 86.2 Å². The van der Waals surface area contributed by atoms with E-state index >= 15 is 0 Å². The highest BCUT2D eigenvalue weighted by molar-refractivity contribution is 5.79. The molecule has 0 rings (SSSR count). The zero-order valence-corrected chi connectivity index (χ0v) is 9.76. The van der Waals surface area contributed by atoms with Crippen molar-refractivity contribution in [1.29, 1.82) is 0 Å². The van der Waals surface area contributed by atoms with Gasteiger partial charge in [0, 0.05) is 19.1 Å². The molecule has 0 heterocycles. The van der Waals surface area contributed by atoms with Gasteiger partial charge in [0.05, 0.1) is 12.1 Å². The molecule has 0 bridgehead atoms.